The molecule has 0 saturated carbocycles. The molecule has 0 saturated heterocycles. The Hall–Kier alpha value is -2.40. The smallest absolute Gasteiger partial charge is 0.305 e. The lowest BCUT2D eigenvalue weighted by atomic mass is 10.1. The molecule has 0 spiro atoms. The fourth-order valence-corrected chi connectivity index (χ4v) is 2.21. The average molecular weight is 318 g/mol. The molecule has 0 radical (unpaired) electrons. The second-order valence-electron chi connectivity index (χ2n) is 4.81. The quantitative estimate of drug-likeness (QED) is 0.405. The van der Waals surface area contributed by atoms with Crippen LogP contribution in [0.1, 0.15) is 11.1 Å². The SMILES string of the molecule is O=C(C[n+]1ccccc1)N/N=C/c1ccc2c(c1)CCO2.[Cl-]. The van der Waals surface area contributed by atoms with Crippen molar-refractivity contribution in [1.29, 1.82) is 0 Å². The number of hydrogen-bond acceptors (Lipinski definition) is 3. The van der Waals surface area contributed by atoms with Crippen LogP contribution in [0, 0.1) is 0 Å². The van der Waals surface area contributed by atoms with Crippen molar-refractivity contribution in [3.05, 3.63) is 59.9 Å². The molecule has 0 atom stereocenters. The first-order valence-corrected chi connectivity index (χ1v) is 6.83. The number of nitrogens with one attached hydrogen (secondary N) is 1. The summed E-state index contributed by atoms with van der Waals surface area (Å²) in [6.45, 7) is 0.983. The number of hydrogen-bond donors (Lipinski definition) is 1. The van der Waals surface area contributed by atoms with Gasteiger partial charge in [-0.1, -0.05) is 6.07 Å². The van der Waals surface area contributed by atoms with E-state index in [9.17, 15) is 4.79 Å². The highest BCUT2D eigenvalue weighted by Gasteiger charge is 2.11. The van der Waals surface area contributed by atoms with Crippen LogP contribution in [-0.4, -0.2) is 18.7 Å². The molecule has 0 unspecified atom stereocenters. The lowest BCUT2D eigenvalue weighted by molar-refractivity contribution is -0.684. The molecule has 6 heteroatoms. The normalized spacial score (nSPS) is 12.4. The zero-order valence-corrected chi connectivity index (χ0v) is 12.7. The Morgan fingerprint density at radius 1 is 1.32 bits per heavy atom. The molecule has 2 aromatic rings. The third-order valence-electron chi connectivity index (χ3n) is 3.22. The number of nitrogens with zero attached hydrogens (tertiary/aromatic N) is 2. The second kappa shape index (κ2) is 7.56. The van der Waals surface area contributed by atoms with Gasteiger partial charge in [-0.25, -0.2) is 5.43 Å². The summed E-state index contributed by atoms with van der Waals surface area (Å²) in [4.78, 5) is 11.7. The molecular formula is C16H16ClN3O2. The van der Waals surface area contributed by atoms with Gasteiger partial charge in [0.1, 0.15) is 5.75 Å². The van der Waals surface area contributed by atoms with E-state index >= 15 is 0 Å². The Kier molecular flexibility index (Phi) is 5.49. The monoisotopic (exact) mass is 317 g/mol. The number of carbonyl (C=O) groups is 1. The maximum absolute atomic E-state index is 11.7. The minimum absolute atomic E-state index is 0. The van der Waals surface area contributed by atoms with Crippen LogP contribution in [0.15, 0.2) is 53.9 Å². The molecule has 1 N–H and O–H groups in total. The molecule has 1 aromatic heterocycles. The van der Waals surface area contributed by atoms with Gasteiger partial charge in [-0.05, 0) is 29.3 Å². The first-order chi connectivity index (χ1) is 10.3. The van der Waals surface area contributed by atoms with Crippen LogP contribution in [0.25, 0.3) is 0 Å². The van der Waals surface area contributed by atoms with Gasteiger partial charge in [0.2, 0.25) is 6.54 Å². The largest absolute Gasteiger partial charge is 1.00 e. The Bertz CT molecular complexity index is 674. The van der Waals surface area contributed by atoms with Crippen molar-refractivity contribution in [2.75, 3.05) is 6.61 Å². The van der Waals surface area contributed by atoms with Gasteiger partial charge in [0, 0.05) is 18.6 Å². The van der Waals surface area contributed by atoms with Crippen molar-refractivity contribution in [3.63, 3.8) is 0 Å². The van der Waals surface area contributed by atoms with Crippen LogP contribution in [0.3, 0.4) is 0 Å². The standard InChI is InChI=1S/C16H15N3O2.ClH/c20-16(12-19-7-2-1-3-8-19)18-17-11-13-4-5-15-14(10-13)6-9-21-15;/h1-5,7-8,10-11H,6,9,12H2;1H/b17-11+;. The molecule has 0 aliphatic carbocycles. The van der Waals surface area contributed by atoms with Gasteiger partial charge in [0.15, 0.2) is 12.4 Å². The predicted molar refractivity (Wildman–Crippen MR) is 78.0 cm³/mol. The lowest BCUT2D eigenvalue weighted by Gasteiger charge is -1.99. The van der Waals surface area contributed by atoms with Gasteiger partial charge in [-0.2, -0.15) is 9.67 Å². The number of rotatable bonds is 4. The summed E-state index contributed by atoms with van der Waals surface area (Å²) in [7, 11) is 0. The average Bonchev–Trinajstić information content (AvgIpc) is 2.96. The van der Waals surface area contributed by atoms with Crippen LogP contribution in [-0.2, 0) is 17.8 Å². The summed E-state index contributed by atoms with van der Waals surface area (Å²) < 4.78 is 7.23. The van der Waals surface area contributed by atoms with Crippen molar-refractivity contribution in [1.82, 2.24) is 5.43 Å². The first-order valence-electron chi connectivity index (χ1n) is 6.83. The first kappa shape index (κ1) is 16.0. The van der Waals surface area contributed by atoms with E-state index in [0.717, 1.165) is 24.3 Å². The number of halogens is 1. The highest BCUT2D eigenvalue weighted by atomic mass is 35.5. The van der Waals surface area contributed by atoms with Crippen molar-refractivity contribution in [2.24, 2.45) is 5.10 Å². The Labute approximate surface area is 135 Å². The van der Waals surface area contributed by atoms with Crippen LogP contribution in [0.2, 0.25) is 0 Å². The molecule has 1 aliphatic heterocycles. The number of benzene rings is 1. The van der Waals surface area contributed by atoms with Crippen molar-refractivity contribution in [2.45, 2.75) is 13.0 Å². The van der Waals surface area contributed by atoms with E-state index in [-0.39, 0.29) is 24.9 Å². The molecule has 1 aliphatic rings. The number of fused-ring (bicyclic) bond motifs is 1. The number of hydrazone groups is 1. The van der Waals surface area contributed by atoms with Crippen LogP contribution in [0.4, 0.5) is 0 Å². The van der Waals surface area contributed by atoms with Crippen LogP contribution >= 0.6 is 0 Å². The summed E-state index contributed by atoms with van der Waals surface area (Å²) in [5, 5.41) is 3.98. The number of pyridine rings is 1. The van der Waals surface area contributed by atoms with Crippen LogP contribution < -0.4 is 27.1 Å². The van der Waals surface area contributed by atoms with E-state index in [2.05, 4.69) is 10.5 Å². The van der Waals surface area contributed by atoms with Gasteiger partial charge >= 0.3 is 5.91 Å². The number of ether oxygens (including phenoxy) is 1. The summed E-state index contributed by atoms with van der Waals surface area (Å²) in [5.74, 6) is 0.781. The van der Waals surface area contributed by atoms with Gasteiger partial charge < -0.3 is 17.1 Å². The highest BCUT2D eigenvalue weighted by Crippen LogP contribution is 2.25. The van der Waals surface area contributed by atoms with E-state index in [1.54, 1.807) is 10.8 Å². The topological polar surface area (TPSA) is 54.6 Å². The van der Waals surface area contributed by atoms with E-state index in [0.29, 0.717) is 0 Å². The van der Waals surface area contributed by atoms with E-state index in [1.807, 2.05) is 48.8 Å². The molecular weight excluding hydrogens is 302 g/mol. The zero-order valence-electron chi connectivity index (χ0n) is 11.9. The van der Waals surface area contributed by atoms with E-state index in [1.165, 1.54) is 5.56 Å². The third-order valence-corrected chi connectivity index (χ3v) is 3.22. The number of aromatic nitrogens is 1. The Morgan fingerprint density at radius 3 is 2.95 bits per heavy atom. The molecule has 2 heterocycles. The lowest BCUT2D eigenvalue weighted by Crippen LogP contribution is -3.00. The maximum atomic E-state index is 11.7. The van der Waals surface area contributed by atoms with Gasteiger partial charge in [-0.3, -0.25) is 4.79 Å². The van der Waals surface area contributed by atoms with Gasteiger partial charge in [0.05, 0.1) is 12.8 Å². The van der Waals surface area contributed by atoms with Crippen molar-refractivity contribution >= 4 is 12.1 Å². The summed E-state index contributed by atoms with van der Waals surface area (Å²) in [6, 6.07) is 11.6. The van der Waals surface area contributed by atoms with E-state index < -0.39 is 0 Å². The Morgan fingerprint density at radius 2 is 2.14 bits per heavy atom. The summed E-state index contributed by atoms with van der Waals surface area (Å²) >= 11 is 0. The fourth-order valence-electron chi connectivity index (χ4n) is 2.21. The number of amides is 1. The van der Waals surface area contributed by atoms with E-state index in [4.69, 9.17) is 4.74 Å². The second-order valence-corrected chi connectivity index (χ2v) is 4.81. The molecule has 0 fully saturated rings. The van der Waals surface area contributed by atoms with Gasteiger partial charge in [0.25, 0.3) is 0 Å². The minimum Gasteiger partial charge on any atom is -1.00 e. The Balaban J connectivity index is 0.00000176. The molecule has 1 aromatic carbocycles. The van der Waals surface area contributed by atoms with Crippen molar-refractivity contribution in [3.8, 4) is 5.75 Å². The van der Waals surface area contributed by atoms with Crippen molar-refractivity contribution < 1.29 is 26.5 Å². The van der Waals surface area contributed by atoms with Gasteiger partial charge in [-0.15, -0.1) is 0 Å². The minimum atomic E-state index is -0.160. The molecule has 22 heavy (non-hydrogen) atoms. The molecule has 3 rings (SSSR count). The third kappa shape index (κ3) is 4.05. The highest BCUT2D eigenvalue weighted by molar-refractivity contribution is 5.82. The summed E-state index contributed by atoms with van der Waals surface area (Å²) in [6.07, 6.45) is 6.24. The summed E-state index contributed by atoms with van der Waals surface area (Å²) in [5.41, 5.74) is 4.66. The maximum Gasteiger partial charge on any atom is 0.305 e. The fraction of sp³-hybridized carbons (Fsp3) is 0.188. The van der Waals surface area contributed by atoms with Crippen LogP contribution in [0.5, 0.6) is 5.75 Å². The predicted octanol–water partition coefficient (Wildman–Crippen LogP) is -1.94. The molecule has 5 nitrogen and oxygen atoms in total. The number of carbonyl (C=O) groups excluding carboxylic acids is 1. The molecule has 1 amide bonds. The zero-order chi connectivity index (χ0) is 14.5. The molecule has 114 valence electrons. The molecule has 0 bridgehead atoms.